The molecular formula is C7H14O. The van der Waals surface area contributed by atoms with Crippen LogP contribution in [0.25, 0.3) is 0 Å². The average Bonchev–Trinajstić information content (AvgIpc) is 1.69. The van der Waals surface area contributed by atoms with Crippen molar-refractivity contribution in [2.45, 2.75) is 20.8 Å². The highest BCUT2D eigenvalue weighted by atomic mass is 16.5. The van der Waals surface area contributed by atoms with E-state index in [0.29, 0.717) is 5.92 Å². The summed E-state index contributed by atoms with van der Waals surface area (Å²) in [5.41, 5.74) is 0. The van der Waals surface area contributed by atoms with E-state index in [-0.39, 0.29) is 0 Å². The van der Waals surface area contributed by atoms with Crippen LogP contribution in [-0.4, -0.2) is 7.11 Å². The van der Waals surface area contributed by atoms with E-state index in [1.165, 1.54) is 0 Å². The molecule has 0 bridgehead atoms. The molecule has 0 heterocycles. The Morgan fingerprint density at radius 3 is 2.00 bits per heavy atom. The Balaban J connectivity index is 3.72. The number of rotatable bonds is 2. The van der Waals surface area contributed by atoms with Crippen LogP contribution in [0.3, 0.4) is 0 Å². The maximum absolute atomic E-state index is 5.02. The quantitative estimate of drug-likeness (QED) is 0.500. The topological polar surface area (TPSA) is 9.23 Å². The number of hydrogen-bond acceptors (Lipinski definition) is 1. The van der Waals surface area contributed by atoms with Gasteiger partial charge in [0.15, 0.2) is 0 Å². The van der Waals surface area contributed by atoms with Crippen LogP contribution in [0.5, 0.6) is 0 Å². The van der Waals surface area contributed by atoms with E-state index in [1.807, 2.05) is 13.0 Å². The number of methoxy groups -OCH3 is 1. The van der Waals surface area contributed by atoms with Gasteiger partial charge in [-0.1, -0.05) is 13.8 Å². The fourth-order valence-electron chi connectivity index (χ4n) is 0.687. The van der Waals surface area contributed by atoms with Gasteiger partial charge in [-0.3, -0.25) is 0 Å². The summed E-state index contributed by atoms with van der Waals surface area (Å²) in [6, 6.07) is 0. The van der Waals surface area contributed by atoms with E-state index >= 15 is 0 Å². The van der Waals surface area contributed by atoms with Crippen LogP contribution in [-0.2, 0) is 4.74 Å². The SMILES string of the molecule is CC=C(OC)C(C)C. The van der Waals surface area contributed by atoms with Crippen LogP contribution in [0.1, 0.15) is 20.8 Å². The van der Waals surface area contributed by atoms with Crippen LogP contribution in [0.2, 0.25) is 0 Å². The molecule has 0 aliphatic rings. The molecule has 0 radical (unpaired) electrons. The molecule has 0 atom stereocenters. The van der Waals surface area contributed by atoms with Gasteiger partial charge < -0.3 is 4.74 Å². The lowest BCUT2D eigenvalue weighted by atomic mass is 10.2. The summed E-state index contributed by atoms with van der Waals surface area (Å²) < 4.78 is 5.02. The Bertz CT molecular complexity index is 82.4. The van der Waals surface area contributed by atoms with E-state index in [4.69, 9.17) is 4.74 Å². The first kappa shape index (κ1) is 7.54. The predicted octanol–water partition coefficient (Wildman–Crippen LogP) is 2.19. The van der Waals surface area contributed by atoms with E-state index in [0.717, 1.165) is 5.76 Å². The highest BCUT2D eigenvalue weighted by Crippen LogP contribution is 2.07. The normalized spacial score (nSPS) is 12.4. The minimum absolute atomic E-state index is 0.519. The predicted molar refractivity (Wildman–Crippen MR) is 35.6 cm³/mol. The molecule has 0 aliphatic carbocycles. The van der Waals surface area contributed by atoms with E-state index in [2.05, 4.69) is 13.8 Å². The fraction of sp³-hybridized carbons (Fsp3) is 0.714. The van der Waals surface area contributed by atoms with Gasteiger partial charge in [-0.05, 0) is 13.0 Å². The molecule has 0 aromatic heterocycles. The van der Waals surface area contributed by atoms with Gasteiger partial charge in [0, 0.05) is 5.92 Å². The molecular weight excluding hydrogens is 100 g/mol. The summed E-state index contributed by atoms with van der Waals surface area (Å²) in [5, 5.41) is 0. The van der Waals surface area contributed by atoms with Gasteiger partial charge in [-0.2, -0.15) is 0 Å². The van der Waals surface area contributed by atoms with Crippen LogP contribution in [0.15, 0.2) is 11.8 Å². The highest BCUT2D eigenvalue weighted by Gasteiger charge is 1.97. The molecule has 8 heavy (non-hydrogen) atoms. The van der Waals surface area contributed by atoms with Gasteiger partial charge in [0.25, 0.3) is 0 Å². The summed E-state index contributed by atoms with van der Waals surface area (Å²) in [7, 11) is 1.70. The zero-order chi connectivity index (χ0) is 6.57. The second-order valence-corrected chi connectivity index (χ2v) is 2.05. The summed E-state index contributed by atoms with van der Waals surface area (Å²) in [5.74, 6) is 1.58. The first-order valence-electron chi connectivity index (χ1n) is 2.92. The molecule has 1 nitrogen and oxygen atoms in total. The minimum Gasteiger partial charge on any atom is -0.501 e. The Hall–Kier alpha value is -0.460. The van der Waals surface area contributed by atoms with Crippen molar-refractivity contribution in [2.24, 2.45) is 5.92 Å². The van der Waals surface area contributed by atoms with Gasteiger partial charge in [0.2, 0.25) is 0 Å². The molecule has 0 aromatic carbocycles. The minimum atomic E-state index is 0.519. The molecule has 0 aliphatic heterocycles. The van der Waals surface area contributed by atoms with Crippen molar-refractivity contribution >= 4 is 0 Å². The van der Waals surface area contributed by atoms with Crippen molar-refractivity contribution in [3.05, 3.63) is 11.8 Å². The standard InChI is InChI=1S/C7H14O/c1-5-7(8-4)6(2)3/h5-6H,1-4H3. The molecule has 0 saturated carbocycles. The summed E-state index contributed by atoms with van der Waals surface area (Å²) in [6.07, 6.45) is 1.99. The number of ether oxygens (including phenoxy) is 1. The zero-order valence-corrected chi connectivity index (χ0v) is 6.06. The molecule has 1 heteroatoms. The lowest BCUT2D eigenvalue weighted by Crippen LogP contribution is -1.94. The van der Waals surface area contributed by atoms with E-state index in [1.54, 1.807) is 7.11 Å². The molecule has 0 N–H and O–H groups in total. The van der Waals surface area contributed by atoms with Gasteiger partial charge in [0.05, 0.1) is 12.9 Å². The number of allylic oxidation sites excluding steroid dienone is 2. The van der Waals surface area contributed by atoms with Crippen molar-refractivity contribution in [3.8, 4) is 0 Å². The van der Waals surface area contributed by atoms with Gasteiger partial charge in [0.1, 0.15) is 0 Å². The van der Waals surface area contributed by atoms with Crippen molar-refractivity contribution in [2.75, 3.05) is 7.11 Å². The van der Waals surface area contributed by atoms with Gasteiger partial charge in [-0.25, -0.2) is 0 Å². The Morgan fingerprint density at radius 1 is 1.50 bits per heavy atom. The third-order valence-corrected chi connectivity index (χ3v) is 1.09. The molecule has 0 amide bonds. The lowest BCUT2D eigenvalue weighted by molar-refractivity contribution is 0.253. The lowest BCUT2D eigenvalue weighted by Gasteiger charge is -2.07. The summed E-state index contributed by atoms with van der Waals surface area (Å²) in [6.45, 7) is 6.20. The van der Waals surface area contributed by atoms with Crippen molar-refractivity contribution in [3.63, 3.8) is 0 Å². The molecule has 0 unspecified atom stereocenters. The molecule has 0 saturated heterocycles. The third kappa shape index (κ3) is 2.01. The van der Waals surface area contributed by atoms with Crippen molar-refractivity contribution in [1.82, 2.24) is 0 Å². The third-order valence-electron chi connectivity index (χ3n) is 1.09. The highest BCUT2D eigenvalue weighted by molar-refractivity contribution is 4.92. The maximum atomic E-state index is 5.02. The average molecular weight is 114 g/mol. The first-order valence-corrected chi connectivity index (χ1v) is 2.92. The molecule has 48 valence electrons. The van der Waals surface area contributed by atoms with E-state index < -0.39 is 0 Å². The Labute approximate surface area is 51.4 Å². The van der Waals surface area contributed by atoms with Gasteiger partial charge >= 0.3 is 0 Å². The molecule has 0 fully saturated rings. The molecule has 0 spiro atoms. The maximum Gasteiger partial charge on any atom is 0.0938 e. The second-order valence-electron chi connectivity index (χ2n) is 2.05. The summed E-state index contributed by atoms with van der Waals surface area (Å²) in [4.78, 5) is 0. The monoisotopic (exact) mass is 114 g/mol. The second kappa shape index (κ2) is 3.53. The molecule has 0 rings (SSSR count). The first-order chi connectivity index (χ1) is 3.72. The molecule has 0 aromatic rings. The smallest absolute Gasteiger partial charge is 0.0938 e. The van der Waals surface area contributed by atoms with Crippen LogP contribution < -0.4 is 0 Å². The van der Waals surface area contributed by atoms with Crippen LogP contribution in [0.4, 0.5) is 0 Å². The summed E-state index contributed by atoms with van der Waals surface area (Å²) >= 11 is 0. The van der Waals surface area contributed by atoms with Crippen LogP contribution >= 0.6 is 0 Å². The fourth-order valence-corrected chi connectivity index (χ4v) is 0.687. The Morgan fingerprint density at radius 2 is 2.00 bits per heavy atom. The van der Waals surface area contributed by atoms with E-state index in [9.17, 15) is 0 Å². The van der Waals surface area contributed by atoms with Crippen LogP contribution in [0, 0.1) is 5.92 Å². The Kier molecular flexibility index (Phi) is 3.33. The largest absolute Gasteiger partial charge is 0.501 e. The van der Waals surface area contributed by atoms with Crippen molar-refractivity contribution in [1.29, 1.82) is 0 Å². The number of hydrogen-bond donors (Lipinski definition) is 0. The zero-order valence-electron chi connectivity index (χ0n) is 6.06. The van der Waals surface area contributed by atoms with Crippen molar-refractivity contribution < 1.29 is 4.74 Å². The van der Waals surface area contributed by atoms with Gasteiger partial charge in [-0.15, -0.1) is 0 Å².